The standard InChI is InChI=1S/C17H26N2O/c1-5-11-19-15(12-18)13-20-16-9-7-14(8-10-16)17(3,4)6-2/h7-10,15,19H,5-6,11,13H2,1-4H3. The number of benzene rings is 1. The van der Waals surface area contributed by atoms with E-state index in [9.17, 15) is 0 Å². The normalized spacial score (nSPS) is 12.8. The predicted molar refractivity (Wildman–Crippen MR) is 82.9 cm³/mol. The number of ether oxygens (including phenoxy) is 1. The molecule has 1 aromatic rings. The molecule has 1 unspecified atom stereocenters. The molecule has 20 heavy (non-hydrogen) atoms. The number of nitriles is 1. The molecule has 0 aliphatic heterocycles. The van der Waals surface area contributed by atoms with Crippen molar-refractivity contribution >= 4 is 0 Å². The van der Waals surface area contributed by atoms with Gasteiger partial charge in [0.1, 0.15) is 18.4 Å². The zero-order valence-corrected chi connectivity index (χ0v) is 13.1. The summed E-state index contributed by atoms with van der Waals surface area (Å²) < 4.78 is 5.67. The number of nitrogens with one attached hydrogen (secondary N) is 1. The first kappa shape index (κ1) is 16.5. The summed E-state index contributed by atoms with van der Waals surface area (Å²) in [5.74, 6) is 0.819. The summed E-state index contributed by atoms with van der Waals surface area (Å²) in [5, 5.41) is 12.2. The van der Waals surface area contributed by atoms with E-state index in [4.69, 9.17) is 10.00 Å². The van der Waals surface area contributed by atoms with E-state index < -0.39 is 0 Å². The quantitative estimate of drug-likeness (QED) is 0.787. The van der Waals surface area contributed by atoms with Crippen molar-refractivity contribution in [3.05, 3.63) is 29.8 Å². The Bertz CT molecular complexity index is 431. The maximum absolute atomic E-state index is 9.02. The predicted octanol–water partition coefficient (Wildman–Crippen LogP) is 3.64. The Morgan fingerprint density at radius 2 is 1.90 bits per heavy atom. The Morgan fingerprint density at radius 1 is 1.25 bits per heavy atom. The van der Waals surface area contributed by atoms with Crippen molar-refractivity contribution in [1.29, 1.82) is 5.26 Å². The van der Waals surface area contributed by atoms with E-state index in [0.717, 1.165) is 25.1 Å². The molecule has 3 nitrogen and oxygen atoms in total. The smallest absolute Gasteiger partial charge is 0.130 e. The average Bonchev–Trinajstić information content (AvgIpc) is 2.48. The van der Waals surface area contributed by atoms with E-state index in [1.807, 2.05) is 12.1 Å². The van der Waals surface area contributed by atoms with E-state index in [1.54, 1.807) is 0 Å². The number of hydrogen-bond donors (Lipinski definition) is 1. The second-order valence-electron chi connectivity index (χ2n) is 5.71. The topological polar surface area (TPSA) is 45.0 Å². The summed E-state index contributed by atoms with van der Waals surface area (Å²) in [4.78, 5) is 0. The van der Waals surface area contributed by atoms with Crippen molar-refractivity contribution in [2.24, 2.45) is 0 Å². The number of hydrogen-bond acceptors (Lipinski definition) is 3. The fraction of sp³-hybridized carbons (Fsp3) is 0.588. The van der Waals surface area contributed by atoms with Gasteiger partial charge in [-0.2, -0.15) is 5.26 Å². The highest BCUT2D eigenvalue weighted by molar-refractivity contribution is 5.31. The van der Waals surface area contributed by atoms with Gasteiger partial charge in [-0.25, -0.2) is 0 Å². The van der Waals surface area contributed by atoms with Crippen molar-refractivity contribution in [3.63, 3.8) is 0 Å². The fourth-order valence-electron chi connectivity index (χ4n) is 1.85. The summed E-state index contributed by atoms with van der Waals surface area (Å²) >= 11 is 0. The Labute approximate surface area is 123 Å². The van der Waals surface area contributed by atoms with Gasteiger partial charge in [0.15, 0.2) is 0 Å². The van der Waals surface area contributed by atoms with Gasteiger partial charge in [0.2, 0.25) is 0 Å². The first-order valence-corrected chi connectivity index (χ1v) is 7.39. The van der Waals surface area contributed by atoms with Crippen molar-refractivity contribution < 1.29 is 4.74 Å². The molecule has 1 N–H and O–H groups in total. The van der Waals surface area contributed by atoms with Crippen LogP contribution in [-0.2, 0) is 5.41 Å². The van der Waals surface area contributed by atoms with Gasteiger partial charge in [-0.05, 0) is 42.5 Å². The van der Waals surface area contributed by atoms with Gasteiger partial charge in [-0.1, -0.05) is 39.8 Å². The molecule has 1 rings (SSSR count). The lowest BCUT2D eigenvalue weighted by Crippen LogP contribution is -2.33. The maximum atomic E-state index is 9.02. The van der Waals surface area contributed by atoms with Crippen LogP contribution >= 0.6 is 0 Å². The molecular formula is C17H26N2O. The van der Waals surface area contributed by atoms with Crippen LogP contribution in [0.3, 0.4) is 0 Å². The zero-order chi connectivity index (χ0) is 15.0. The van der Waals surface area contributed by atoms with Gasteiger partial charge in [0, 0.05) is 0 Å². The van der Waals surface area contributed by atoms with E-state index in [-0.39, 0.29) is 11.5 Å². The molecule has 0 fully saturated rings. The highest BCUT2D eigenvalue weighted by Gasteiger charge is 2.17. The fourth-order valence-corrected chi connectivity index (χ4v) is 1.85. The second kappa shape index (κ2) is 7.91. The van der Waals surface area contributed by atoms with Crippen LogP contribution in [0.1, 0.15) is 46.1 Å². The minimum Gasteiger partial charge on any atom is -0.491 e. The van der Waals surface area contributed by atoms with Gasteiger partial charge in [-0.15, -0.1) is 0 Å². The largest absolute Gasteiger partial charge is 0.491 e. The lowest BCUT2D eigenvalue weighted by Gasteiger charge is -2.23. The minimum absolute atomic E-state index is 0.191. The highest BCUT2D eigenvalue weighted by Crippen LogP contribution is 2.27. The Hall–Kier alpha value is -1.53. The molecule has 0 heterocycles. The van der Waals surface area contributed by atoms with Crippen molar-refractivity contribution in [2.75, 3.05) is 13.2 Å². The summed E-state index contributed by atoms with van der Waals surface area (Å²) in [6.45, 7) is 9.97. The Kier molecular flexibility index (Phi) is 6.54. The summed E-state index contributed by atoms with van der Waals surface area (Å²) in [6, 6.07) is 10.2. The molecule has 0 amide bonds. The van der Waals surface area contributed by atoms with Gasteiger partial charge < -0.3 is 4.74 Å². The number of rotatable bonds is 8. The van der Waals surface area contributed by atoms with Crippen LogP contribution in [0.15, 0.2) is 24.3 Å². The molecule has 0 aliphatic rings. The van der Waals surface area contributed by atoms with Crippen molar-refractivity contribution in [1.82, 2.24) is 5.32 Å². The van der Waals surface area contributed by atoms with Gasteiger partial charge in [-0.3, -0.25) is 5.32 Å². The molecular weight excluding hydrogens is 248 g/mol. The van der Waals surface area contributed by atoms with Crippen LogP contribution in [0, 0.1) is 11.3 Å². The molecule has 0 saturated carbocycles. The molecule has 0 aromatic heterocycles. The third kappa shape index (κ3) is 4.86. The first-order valence-electron chi connectivity index (χ1n) is 7.39. The third-order valence-corrected chi connectivity index (χ3v) is 3.73. The lowest BCUT2D eigenvalue weighted by molar-refractivity contribution is 0.289. The van der Waals surface area contributed by atoms with E-state index in [2.05, 4.69) is 51.2 Å². The zero-order valence-electron chi connectivity index (χ0n) is 13.1. The molecule has 3 heteroatoms. The Morgan fingerprint density at radius 3 is 2.40 bits per heavy atom. The summed E-state index contributed by atoms with van der Waals surface area (Å²) in [7, 11) is 0. The van der Waals surface area contributed by atoms with E-state index in [0.29, 0.717) is 6.61 Å². The van der Waals surface area contributed by atoms with Crippen LogP contribution in [0.25, 0.3) is 0 Å². The van der Waals surface area contributed by atoms with E-state index in [1.165, 1.54) is 5.56 Å². The van der Waals surface area contributed by atoms with Gasteiger partial charge in [0.25, 0.3) is 0 Å². The lowest BCUT2D eigenvalue weighted by atomic mass is 9.82. The molecule has 0 bridgehead atoms. The molecule has 0 spiro atoms. The third-order valence-electron chi connectivity index (χ3n) is 3.73. The number of nitrogens with zero attached hydrogens (tertiary/aromatic N) is 1. The average molecular weight is 274 g/mol. The summed E-state index contributed by atoms with van der Waals surface area (Å²) in [6.07, 6.45) is 2.11. The van der Waals surface area contributed by atoms with Crippen LogP contribution in [-0.4, -0.2) is 19.2 Å². The molecule has 0 saturated heterocycles. The van der Waals surface area contributed by atoms with Crippen LogP contribution in [0.5, 0.6) is 5.75 Å². The molecule has 0 radical (unpaired) electrons. The SMILES string of the molecule is CCCNC(C#N)COc1ccc(C(C)(C)CC)cc1. The summed E-state index contributed by atoms with van der Waals surface area (Å²) in [5.41, 5.74) is 1.50. The molecule has 1 atom stereocenters. The minimum atomic E-state index is -0.248. The van der Waals surface area contributed by atoms with Crippen molar-refractivity contribution in [3.8, 4) is 11.8 Å². The monoisotopic (exact) mass is 274 g/mol. The van der Waals surface area contributed by atoms with Crippen LogP contribution < -0.4 is 10.1 Å². The van der Waals surface area contributed by atoms with Gasteiger partial charge >= 0.3 is 0 Å². The van der Waals surface area contributed by atoms with Crippen LogP contribution in [0.4, 0.5) is 0 Å². The first-order chi connectivity index (χ1) is 9.53. The molecule has 1 aromatic carbocycles. The molecule has 110 valence electrons. The highest BCUT2D eigenvalue weighted by atomic mass is 16.5. The Balaban J connectivity index is 2.56. The van der Waals surface area contributed by atoms with Gasteiger partial charge in [0.05, 0.1) is 6.07 Å². The molecule has 0 aliphatic carbocycles. The second-order valence-corrected chi connectivity index (χ2v) is 5.71. The van der Waals surface area contributed by atoms with Crippen molar-refractivity contribution in [2.45, 2.75) is 52.0 Å². The van der Waals surface area contributed by atoms with Crippen LogP contribution in [0.2, 0.25) is 0 Å². The maximum Gasteiger partial charge on any atom is 0.130 e. The van der Waals surface area contributed by atoms with E-state index >= 15 is 0 Å².